The Morgan fingerprint density at radius 2 is 1.57 bits per heavy atom. The fraction of sp³-hybridized carbons (Fsp3) is 0.421. The molecule has 0 heterocycles. The van der Waals surface area contributed by atoms with E-state index in [1.807, 2.05) is 44.2 Å². The van der Waals surface area contributed by atoms with Crippen molar-refractivity contribution in [2.45, 2.75) is 44.9 Å². The van der Waals surface area contributed by atoms with Gasteiger partial charge in [-0.15, -0.1) is 0 Å². The second-order valence-corrected chi connectivity index (χ2v) is 6.91. The molecule has 0 fully saturated rings. The summed E-state index contributed by atoms with van der Waals surface area (Å²) in [4.78, 5) is 31.8. The van der Waals surface area contributed by atoms with Gasteiger partial charge in [0.2, 0.25) is 0 Å². The van der Waals surface area contributed by atoms with E-state index in [0.29, 0.717) is 6.42 Å². The summed E-state index contributed by atoms with van der Waals surface area (Å²) in [6.45, 7) is 5.54. The van der Waals surface area contributed by atoms with Crippen LogP contribution in [0.4, 0.5) is 13.2 Å². The average Bonchev–Trinajstić information content (AvgIpc) is 2.64. The zero-order valence-corrected chi connectivity index (χ0v) is 16.6. The summed E-state index contributed by atoms with van der Waals surface area (Å²) in [5, 5.41) is 28.4. The summed E-state index contributed by atoms with van der Waals surface area (Å²) in [7, 11) is 0. The molecule has 0 aliphatic carbocycles. The molecule has 1 aromatic carbocycles. The third kappa shape index (κ3) is 10.0. The lowest BCUT2D eigenvalue weighted by Gasteiger charge is -2.32. The molecule has 0 saturated heterocycles. The zero-order valence-electron chi connectivity index (χ0n) is 16.6. The molecule has 11 heteroatoms. The third-order valence-electron chi connectivity index (χ3n) is 3.71. The highest BCUT2D eigenvalue weighted by atomic mass is 19.4. The number of carboxylic acid groups (broad SMARTS) is 2. The van der Waals surface area contributed by atoms with Crippen LogP contribution in [0.1, 0.15) is 38.8 Å². The summed E-state index contributed by atoms with van der Waals surface area (Å²) in [5.41, 5.74) is 1.20. The quantitative estimate of drug-likeness (QED) is 0.241. The molecule has 30 heavy (non-hydrogen) atoms. The van der Waals surface area contributed by atoms with E-state index in [4.69, 9.17) is 15.1 Å². The van der Waals surface area contributed by atoms with Crippen LogP contribution in [0.25, 0.3) is 0 Å². The van der Waals surface area contributed by atoms with Crippen LogP contribution in [0.5, 0.6) is 0 Å². The van der Waals surface area contributed by atoms with Crippen LogP contribution in [0.2, 0.25) is 0 Å². The second kappa shape index (κ2) is 11.9. The van der Waals surface area contributed by atoms with Gasteiger partial charge in [0, 0.05) is 6.08 Å². The molecule has 0 aliphatic rings. The summed E-state index contributed by atoms with van der Waals surface area (Å²) < 4.78 is 31.7. The van der Waals surface area contributed by atoms with E-state index in [1.165, 1.54) is 17.6 Å². The number of aliphatic carboxylic acids is 2. The van der Waals surface area contributed by atoms with E-state index in [9.17, 15) is 27.9 Å². The Morgan fingerprint density at radius 1 is 1.07 bits per heavy atom. The molecule has 0 radical (unpaired) electrons. The molecular formula is C19H25F3N2O6. The van der Waals surface area contributed by atoms with Crippen LogP contribution in [-0.2, 0) is 14.4 Å². The maximum Gasteiger partial charge on any atom is 0.490 e. The summed E-state index contributed by atoms with van der Waals surface area (Å²) >= 11 is 0. The average molecular weight is 434 g/mol. The van der Waals surface area contributed by atoms with Crippen LogP contribution >= 0.6 is 0 Å². The Kier molecular flexibility index (Phi) is 10.8. The van der Waals surface area contributed by atoms with Crippen molar-refractivity contribution < 1.29 is 43.0 Å². The van der Waals surface area contributed by atoms with Crippen molar-refractivity contribution in [3.05, 3.63) is 48.0 Å². The highest BCUT2D eigenvalue weighted by molar-refractivity contribution is 5.86. The molecule has 2 atom stereocenters. The number of nitrogens with one attached hydrogen (secondary N) is 2. The number of hydrogen-bond donors (Lipinski definition) is 5. The number of hydroxylamine groups is 1. The second-order valence-electron chi connectivity index (χ2n) is 6.91. The maximum absolute atomic E-state index is 11.7. The van der Waals surface area contributed by atoms with E-state index in [2.05, 4.69) is 5.32 Å². The number of carbonyl (C=O) groups is 3. The monoisotopic (exact) mass is 434 g/mol. The van der Waals surface area contributed by atoms with Crippen molar-refractivity contribution in [1.29, 1.82) is 0 Å². The zero-order chi connectivity index (χ0) is 23.5. The molecule has 0 spiro atoms. The molecule has 0 saturated carbocycles. The first kappa shape index (κ1) is 27.1. The number of amides is 1. The van der Waals surface area contributed by atoms with Gasteiger partial charge in [-0.3, -0.25) is 20.1 Å². The number of alkyl halides is 3. The molecular weight excluding hydrogens is 409 g/mol. The van der Waals surface area contributed by atoms with Crippen molar-refractivity contribution in [3.63, 3.8) is 0 Å². The van der Waals surface area contributed by atoms with Crippen molar-refractivity contribution >= 4 is 17.8 Å². The van der Waals surface area contributed by atoms with Gasteiger partial charge >= 0.3 is 18.1 Å². The standard InChI is InChI=1S/C17H24N2O4.C2HF3O2/c1-12(2)11-17(3,16(21)22)18-14(9-10-15(20)19-23)13-7-5-4-6-8-13;3-2(4,5)1(6)7/h4-10,12,14,18,23H,11H2,1-3H3,(H,19,20)(H,21,22);(H,6,7)/t14?,17-;/m1./s1. The highest BCUT2D eigenvalue weighted by Gasteiger charge is 2.38. The van der Waals surface area contributed by atoms with Gasteiger partial charge in [0.05, 0.1) is 6.04 Å². The van der Waals surface area contributed by atoms with Gasteiger partial charge < -0.3 is 10.2 Å². The minimum atomic E-state index is -5.08. The predicted molar refractivity (Wildman–Crippen MR) is 101 cm³/mol. The molecule has 1 rings (SSSR count). The molecule has 0 bridgehead atoms. The minimum absolute atomic E-state index is 0.185. The lowest BCUT2D eigenvalue weighted by Crippen LogP contribution is -2.51. The number of carbonyl (C=O) groups excluding carboxylic acids is 1. The van der Waals surface area contributed by atoms with Crippen molar-refractivity contribution in [2.75, 3.05) is 0 Å². The first-order valence-corrected chi connectivity index (χ1v) is 8.71. The van der Waals surface area contributed by atoms with Crippen LogP contribution in [0, 0.1) is 5.92 Å². The lowest BCUT2D eigenvalue weighted by atomic mass is 9.89. The molecule has 168 valence electrons. The van der Waals surface area contributed by atoms with E-state index in [1.54, 1.807) is 6.92 Å². The molecule has 8 nitrogen and oxygen atoms in total. The van der Waals surface area contributed by atoms with Gasteiger partial charge in [-0.2, -0.15) is 13.2 Å². The smallest absolute Gasteiger partial charge is 0.480 e. The van der Waals surface area contributed by atoms with Gasteiger partial charge in [0.15, 0.2) is 0 Å². The Hall–Kier alpha value is -2.92. The SMILES string of the molecule is CC(C)C[C@@](C)(NC(C=CC(=O)NO)c1ccccc1)C(=O)O.O=C(O)C(F)(F)F. The molecule has 1 unspecified atom stereocenters. The molecule has 1 aromatic rings. The topological polar surface area (TPSA) is 136 Å². The Labute approximate surface area is 171 Å². The molecule has 0 aliphatic heterocycles. The van der Waals surface area contributed by atoms with E-state index >= 15 is 0 Å². The maximum atomic E-state index is 11.7. The Morgan fingerprint density at radius 3 is 1.93 bits per heavy atom. The first-order chi connectivity index (χ1) is 13.7. The summed E-state index contributed by atoms with van der Waals surface area (Å²) in [5.74, 6) is -4.20. The number of halogens is 3. The third-order valence-corrected chi connectivity index (χ3v) is 3.71. The molecule has 1 amide bonds. The van der Waals surface area contributed by atoms with E-state index in [0.717, 1.165) is 5.56 Å². The van der Waals surface area contributed by atoms with E-state index < -0.39 is 35.6 Å². The number of benzene rings is 1. The predicted octanol–water partition coefficient (Wildman–Crippen LogP) is 2.90. The van der Waals surface area contributed by atoms with Gasteiger partial charge in [-0.25, -0.2) is 10.3 Å². The largest absolute Gasteiger partial charge is 0.490 e. The van der Waals surface area contributed by atoms with Crippen LogP contribution in [0.3, 0.4) is 0 Å². The fourth-order valence-corrected chi connectivity index (χ4v) is 2.49. The van der Waals surface area contributed by atoms with E-state index in [-0.39, 0.29) is 5.92 Å². The normalized spacial score (nSPS) is 14.4. The first-order valence-electron chi connectivity index (χ1n) is 8.71. The minimum Gasteiger partial charge on any atom is -0.480 e. The van der Waals surface area contributed by atoms with Crippen molar-refractivity contribution in [3.8, 4) is 0 Å². The van der Waals surface area contributed by atoms with Gasteiger partial charge in [0.25, 0.3) is 5.91 Å². The lowest BCUT2D eigenvalue weighted by molar-refractivity contribution is -0.192. The van der Waals surface area contributed by atoms with Gasteiger partial charge in [-0.05, 0) is 24.8 Å². The fourth-order valence-electron chi connectivity index (χ4n) is 2.49. The summed E-state index contributed by atoms with van der Waals surface area (Å²) in [6, 6.07) is 8.74. The van der Waals surface area contributed by atoms with Gasteiger partial charge in [0.1, 0.15) is 5.54 Å². The number of hydrogen-bond acceptors (Lipinski definition) is 5. The number of rotatable bonds is 8. The highest BCUT2D eigenvalue weighted by Crippen LogP contribution is 2.24. The van der Waals surface area contributed by atoms with Crippen LogP contribution in [-0.4, -0.2) is 45.0 Å². The number of carboxylic acids is 2. The van der Waals surface area contributed by atoms with Crippen LogP contribution in [0.15, 0.2) is 42.5 Å². The summed E-state index contributed by atoms with van der Waals surface area (Å²) in [6.07, 6.45) is -1.95. The molecule has 0 aromatic heterocycles. The van der Waals surface area contributed by atoms with Crippen molar-refractivity contribution in [1.82, 2.24) is 10.8 Å². The Balaban J connectivity index is 0.00000103. The van der Waals surface area contributed by atoms with Crippen molar-refractivity contribution in [2.24, 2.45) is 5.92 Å². The molecule has 5 N–H and O–H groups in total. The Bertz CT molecular complexity index is 738. The van der Waals surface area contributed by atoms with Crippen LogP contribution < -0.4 is 10.8 Å². The van der Waals surface area contributed by atoms with Gasteiger partial charge in [-0.1, -0.05) is 50.3 Å².